The molecule has 8 heteroatoms. The summed E-state index contributed by atoms with van der Waals surface area (Å²) in [4.78, 5) is 15.2. The van der Waals surface area contributed by atoms with Crippen LogP contribution < -0.4 is 5.32 Å². The smallest absolute Gasteiger partial charge is 0.253 e. The fourth-order valence-electron chi connectivity index (χ4n) is 4.80. The SMILES string of the molecule is O=C(NC1COC2C1OCC2n1cc(CC2CCCCC2)nn1)c1cc[nH]c1. The molecular formula is C20H27N5O3. The summed E-state index contributed by atoms with van der Waals surface area (Å²) in [7, 11) is 0. The fourth-order valence-corrected chi connectivity index (χ4v) is 4.80. The average Bonchev–Trinajstić information content (AvgIpc) is 3.49. The maximum atomic E-state index is 12.3. The number of carbonyl (C=O) groups excluding carboxylic acids is 1. The molecular weight excluding hydrogens is 358 g/mol. The summed E-state index contributed by atoms with van der Waals surface area (Å²) in [6.45, 7) is 0.976. The van der Waals surface area contributed by atoms with Crippen molar-refractivity contribution < 1.29 is 14.3 Å². The second-order valence-electron chi connectivity index (χ2n) is 8.24. The summed E-state index contributed by atoms with van der Waals surface area (Å²) in [5.41, 5.74) is 1.67. The number of rotatable bonds is 5. The molecule has 150 valence electrons. The summed E-state index contributed by atoms with van der Waals surface area (Å²) in [6.07, 6.45) is 12.9. The van der Waals surface area contributed by atoms with Crippen LogP contribution in [0.2, 0.25) is 0 Å². The Balaban J connectivity index is 1.21. The quantitative estimate of drug-likeness (QED) is 0.819. The number of amides is 1. The van der Waals surface area contributed by atoms with Crippen molar-refractivity contribution in [1.82, 2.24) is 25.3 Å². The highest BCUT2D eigenvalue weighted by Crippen LogP contribution is 2.34. The second kappa shape index (κ2) is 7.67. The number of hydrogen-bond acceptors (Lipinski definition) is 5. The van der Waals surface area contributed by atoms with Gasteiger partial charge in [0.1, 0.15) is 18.2 Å². The number of ether oxygens (including phenoxy) is 2. The molecule has 0 radical (unpaired) electrons. The first-order valence-electron chi connectivity index (χ1n) is 10.4. The minimum absolute atomic E-state index is 0.00627. The van der Waals surface area contributed by atoms with Crippen LogP contribution in [0.15, 0.2) is 24.7 Å². The lowest BCUT2D eigenvalue weighted by molar-refractivity contribution is 0.0613. The number of hydrogen-bond donors (Lipinski definition) is 2. The van der Waals surface area contributed by atoms with Gasteiger partial charge in [-0.1, -0.05) is 37.3 Å². The number of aromatic amines is 1. The van der Waals surface area contributed by atoms with E-state index in [2.05, 4.69) is 26.8 Å². The van der Waals surface area contributed by atoms with Gasteiger partial charge in [0.05, 0.1) is 30.5 Å². The Kier molecular flexibility index (Phi) is 4.90. The topological polar surface area (TPSA) is 94.1 Å². The van der Waals surface area contributed by atoms with Gasteiger partial charge >= 0.3 is 0 Å². The highest BCUT2D eigenvalue weighted by Gasteiger charge is 2.49. The highest BCUT2D eigenvalue weighted by atomic mass is 16.6. The minimum atomic E-state index is -0.154. The van der Waals surface area contributed by atoms with Gasteiger partial charge in [-0.25, -0.2) is 4.68 Å². The zero-order valence-corrected chi connectivity index (χ0v) is 15.9. The third-order valence-corrected chi connectivity index (χ3v) is 6.32. The van der Waals surface area contributed by atoms with Gasteiger partial charge in [0.25, 0.3) is 5.91 Å². The Bertz CT molecular complexity index is 799. The van der Waals surface area contributed by atoms with E-state index >= 15 is 0 Å². The molecule has 2 aliphatic heterocycles. The van der Waals surface area contributed by atoms with Gasteiger partial charge in [0.15, 0.2) is 0 Å². The van der Waals surface area contributed by atoms with Gasteiger partial charge in [-0.05, 0) is 18.4 Å². The standard InChI is InChI=1S/C20H27N5O3/c26-20(14-6-7-21-9-14)22-16-11-27-19-17(12-28-18(16)19)25-10-15(23-24-25)8-13-4-2-1-3-5-13/h6-7,9-10,13,16-19,21H,1-5,8,11-12H2,(H,22,26). The van der Waals surface area contributed by atoms with Crippen molar-refractivity contribution in [3.63, 3.8) is 0 Å². The summed E-state index contributed by atoms with van der Waals surface area (Å²) in [5.74, 6) is 0.625. The van der Waals surface area contributed by atoms with E-state index in [4.69, 9.17) is 9.47 Å². The van der Waals surface area contributed by atoms with Gasteiger partial charge in [0.2, 0.25) is 0 Å². The fraction of sp³-hybridized carbons (Fsp3) is 0.650. The van der Waals surface area contributed by atoms with Gasteiger partial charge in [-0.3, -0.25) is 4.79 Å². The van der Waals surface area contributed by atoms with Crippen LogP contribution in [0, 0.1) is 5.92 Å². The molecule has 1 saturated carbocycles. The average molecular weight is 385 g/mol. The van der Waals surface area contributed by atoms with E-state index in [1.54, 1.807) is 18.5 Å². The Morgan fingerprint density at radius 2 is 2.07 bits per heavy atom. The Morgan fingerprint density at radius 1 is 1.21 bits per heavy atom. The van der Waals surface area contributed by atoms with Gasteiger partial charge in [-0.2, -0.15) is 0 Å². The van der Waals surface area contributed by atoms with E-state index in [9.17, 15) is 4.79 Å². The summed E-state index contributed by atoms with van der Waals surface area (Å²) in [6, 6.07) is 1.61. The zero-order chi connectivity index (χ0) is 18.9. The summed E-state index contributed by atoms with van der Waals surface area (Å²) >= 11 is 0. The molecule has 2 aromatic heterocycles. The number of aromatic nitrogens is 4. The molecule has 1 aliphatic carbocycles. The van der Waals surface area contributed by atoms with E-state index in [1.807, 2.05) is 4.68 Å². The first-order valence-corrected chi connectivity index (χ1v) is 10.4. The van der Waals surface area contributed by atoms with Crippen LogP contribution >= 0.6 is 0 Å². The number of carbonyl (C=O) groups is 1. The largest absolute Gasteiger partial charge is 0.371 e. The van der Waals surface area contributed by atoms with Crippen LogP contribution in [-0.4, -0.2) is 57.3 Å². The van der Waals surface area contributed by atoms with Crippen molar-refractivity contribution in [3.05, 3.63) is 35.9 Å². The second-order valence-corrected chi connectivity index (χ2v) is 8.24. The van der Waals surface area contributed by atoms with E-state index in [0.717, 1.165) is 18.0 Å². The van der Waals surface area contributed by atoms with Crippen LogP contribution in [0.1, 0.15) is 54.2 Å². The van der Waals surface area contributed by atoms with Crippen molar-refractivity contribution >= 4 is 5.91 Å². The van der Waals surface area contributed by atoms with Crippen molar-refractivity contribution in [3.8, 4) is 0 Å². The first kappa shape index (κ1) is 17.9. The Morgan fingerprint density at radius 3 is 2.89 bits per heavy atom. The third kappa shape index (κ3) is 3.46. The monoisotopic (exact) mass is 385 g/mol. The molecule has 3 fully saturated rings. The Hall–Kier alpha value is -2.19. The number of nitrogens with zero attached hydrogens (tertiary/aromatic N) is 3. The molecule has 28 heavy (non-hydrogen) atoms. The molecule has 5 rings (SSSR count). The molecule has 0 spiro atoms. The number of nitrogens with one attached hydrogen (secondary N) is 2. The maximum Gasteiger partial charge on any atom is 0.253 e. The highest BCUT2D eigenvalue weighted by molar-refractivity contribution is 5.94. The molecule has 4 heterocycles. The van der Waals surface area contributed by atoms with Crippen LogP contribution in [0.25, 0.3) is 0 Å². The summed E-state index contributed by atoms with van der Waals surface area (Å²) < 4.78 is 13.9. The predicted octanol–water partition coefficient (Wildman–Crippen LogP) is 1.87. The number of H-pyrrole nitrogens is 1. The third-order valence-electron chi connectivity index (χ3n) is 6.32. The molecule has 4 atom stereocenters. The van der Waals surface area contributed by atoms with Crippen molar-refractivity contribution in [1.29, 1.82) is 0 Å². The zero-order valence-electron chi connectivity index (χ0n) is 15.9. The van der Waals surface area contributed by atoms with Gasteiger partial charge in [-0.15, -0.1) is 5.10 Å². The summed E-state index contributed by atoms with van der Waals surface area (Å²) in [5, 5.41) is 11.8. The first-order chi connectivity index (χ1) is 13.8. The van der Waals surface area contributed by atoms with Crippen molar-refractivity contribution in [2.45, 2.75) is 62.8 Å². The van der Waals surface area contributed by atoms with Gasteiger partial charge < -0.3 is 19.8 Å². The predicted molar refractivity (Wildman–Crippen MR) is 101 cm³/mol. The molecule has 8 nitrogen and oxygen atoms in total. The molecule has 2 N–H and O–H groups in total. The molecule has 4 unspecified atom stereocenters. The van der Waals surface area contributed by atoms with Crippen LogP contribution in [0.4, 0.5) is 0 Å². The van der Waals surface area contributed by atoms with Gasteiger partial charge in [0, 0.05) is 18.6 Å². The van der Waals surface area contributed by atoms with Crippen molar-refractivity contribution in [2.24, 2.45) is 5.92 Å². The lowest BCUT2D eigenvalue weighted by Gasteiger charge is -2.20. The Labute approximate surface area is 164 Å². The molecule has 1 amide bonds. The molecule has 3 aliphatic rings. The lowest BCUT2D eigenvalue weighted by atomic mass is 9.86. The normalized spacial score (nSPS) is 30.4. The van der Waals surface area contributed by atoms with Crippen LogP contribution in [0.5, 0.6) is 0 Å². The molecule has 0 aromatic carbocycles. The minimum Gasteiger partial charge on any atom is -0.371 e. The maximum absolute atomic E-state index is 12.3. The van der Waals surface area contributed by atoms with Crippen LogP contribution in [-0.2, 0) is 15.9 Å². The van der Waals surface area contributed by atoms with E-state index in [1.165, 1.54) is 32.1 Å². The molecule has 2 saturated heterocycles. The molecule has 2 aromatic rings. The lowest BCUT2D eigenvalue weighted by Crippen LogP contribution is -2.44. The van der Waals surface area contributed by atoms with Crippen LogP contribution in [0.3, 0.4) is 0 Å². The van der Waals surface area contributed by atoms with Crippen molar-refractivity contribution in [2.75, 3.05) is 13.2 Å². The number of fused-ring (bicyclic) bond motifs is 1. The van der Waals surface area contributed by atoms with E-state index < -0.39 is 0 Å². The van der Waals surface area contributed by atoms with E-state index in [-0.39, 0.29) is 30.2 Å². The van der Waals surface area contributed by atoms with E-state index in [0.29, 0.717) is 18.8 Å². The molecule has 0 bridgehead atoms.